The van der Waals surface area contributed by atoms with Crippen molar-refractivity contribution in [2.24, 2.45) is 4.99 Å². The lowest BCUT2D eigenvalue weighted by molar-refractivity contribution is -0.127. The summed E-state index contributed by atoms with van der Waals surface area (Å²) in [6.07, 6.45) is 0.0820. The third kappa shape index (κ3) is 5.17. The van der Waals surface area contributed by atoms with Crippen molar-refractivity contribution in [2.45, 2.75) is 32.4 Å². The number of hydrogen-bond donors (Lipinski definition) is 1. The lowest BCUT2D eigenvalue weighted by Gasteiger charge is -2.10. The summed E-state index contributed by atoms with van der Waals surface area (Å²) in [4.78, 5) is 31.2. The van der Waals surface area contributed by atoms with Crippen molar-refractivity contribution in [2.75, 3.05) is 19.0 Å². The molecule has 0 aliphatic carbocycles. The first kappa shape index (κ1) is 20.9. The molecule has 6 nitrogen and oxygen atoms in total. The molecular formula is C22H25N3O3S. The number of rotatable bonds is 6. The van der Waals surface area contributed by atoms with Gasteiger partial charge in [0.25, 0.3) is 0 Å². The van der Waals surface area contributed by atoms with Crippen molar-refractivity contribution in [1.29, 1.82) is 0 Å². The molecule has 152 valence electrons. The maximum atomic E-state index is 12.6. The third-order valence-electron chi connectivity index (χ3n) is 4.66. The van der Waals surface area contributed by atoms with E-state index in [1.165, 1.54) is 22.2 Å². The average Bonchev–Trinajstić information content (AvgIpc) is 2.93. The Labute approximate surface area is 175 Å². The first-order valence-corrected chi connectivity index (χ1v) is 10.4. The SMILES string of the molecule is CCOc1cccc(NC(=O)C[C@H]2SC(=Nc3ccc(C)c(C)c3)N(C)C2=O)c1. The van der Waals surface area contributed by atoms with E-state index < -0.39 is 5.25 Å². The van der Waals surface area contributed by atoms with Crippen LogP contribution in [0.15, 0.2) is 47.5 Å². The molecule has 1 N–H and O–H groups in total. The fourth-order valence-electron chi connectivity index (χ4n) is 2.91. The predicted molar refractivity (Wildman–Crippen MR) is 118 cm³/mol. The Kier molecular flexibility index (Phi) is 6.59. The molecule has 1 atom stereocenters. The largest absolute Gasteiger partial charge is 0.494 e. The number of nitrogens with zero attached hydrogens (tertiary/aromatic N) is 2. The lowest BCUT2D eigenvalue weighted by atomic mass is 10.1. The van der Waals surface area contributed by atoms with Crippen LogP contribution >= 0.6 is 11.8 Å². The zero-order valence-corrected chi connectivity index (χ0v) is 17.9. The van der Waals surface area contributed by atoms with E-state index in [0.717, 1.165) is 11.3 Å². The molecule has 0 radical (unpaired) electrons. The molecule has 2 amide bonds. The fraction of sp³-hybridized carbons (Fsp3) is 0.318. The van der Waals surface area contributed by atoms with Crippen molar-refractivity contribution in [3.05, 3.63) is 53.6 Å². The van der Waals surface area contributed by atoms with E-state index in [9.17, 15) is 9.59 Å². The molecule has 7 heteroatoms. The van der Waals surface area contributed by atoms with E-state index in [0.29, 0.717) is 23.2 Å². The van der Waals surface area contributed by atoms with E-state index >= 15 is 0 Å². The molecule has 29 heavy (non-hydrogen) atoms. The summed E-state index contributed by atoms with van der Waals surface area (Å²) in [7, 11) is 1.69. The molecule has 1 fully saturated rings. The molecule has 2 aromatic rings. The Morgan fingerprint density at radius 1 is 1.21 bits per heavy atom. The quantitative estimate of drug-likeness (QED) is 0.770. The molecule has 1 saturated heterocycles. The van der Waals surface area contributed by atoms with Crippen LogP contribution < -0.4 is 10.1 Å². The topological polar surface area (TPSA) is 71.0 Å². The second-order valence-electron chi connectivity index (χ2n) is 6.88. The molecule has 0 spiro atoms. The van der Waals surface area contributed by atoms with Gasteiger partial charge in [-0.05, 0) is 56.2 Å². The first-order valence-electron chi connectivity index (χ1n) is 9.50. The molecule has 0 bridgehead atoms. The van der Waals surface area contributed by atoms with Crippen molar-refractivity contribution < 1.29 is 14.3 Å². The molecule has 2 aromatic carbocycles. The normalized spacial score (nSPS) is 17.7. The summed E-state index contributed by atoms with van der Waals surface area (Å²) >= 11 is 1.32. The van der Waals surface area contributed by atoms with Crippen LogP contribution in [0, 0.1) is 13.8 Å². The average molecular weight is 412 g/mol. The summed E-state index contributed by atoms with van der Waals surface area (Å²) in [6.45, 7) is 6.54. The molecule has 0 saturated carbocycles. The standard InChI is InChI=1S/C22H25N3O3S/c1-5-28-18-8-6-7-16(12-18)23-20(26)13-19-21(27)25(4)22(29-19)24-17-10-9-14(2)15(3)11-17/h6-12,19H,5,13H2,1-4H3,(H,23,26)/t19-/m1/s1. The zero-order chi connectivity index (χ0) is 21.0. The van der Waals surface area contributed by atoms with E-state index in [1.807, 2.05) is 51.1 Å². The monoisotopic (exact) mass is 411 g/mol. The minimum absolute atomic E-state index is 0.0820. The van der Waals surface area contributed by atoms with Gasteiger partial charge >= 0.3 is 0 Å². The van der Waals surface area contributed by atoms with Crippen LogP contribution in [0.2, 0.25) is 0 Å². The van der Waals surface area contributed by atoms with Crippen LogP contribution in [0.1, 0.15) is 24.5 Å². The number of aliphatic imine (C=N–C) groups is 1. The first-order chi connectivity index (χ1) is 13.9. The summed E-state index contributed by atoms with van der Waals surface area (Å²) in [5, 5.41) is 2.96. The number of hydrogen-bond acceptors (Lipinski definition) is 5. The van der Waals surface area contributed by atoms with Gasteiger partial charge in [-0.2, -0.15) is 0 Å². The van der Waals surface area contributed by atoms with Gasteiger partial charge in [-0.1, -0.05) is 23.9 Å². The van der Waals surface area contributed by atoms with Gasteiger partial charge in [-0.15, -0.1) is 0 Å². The van der Waals surface area contributed by atoms with Gasteiger partial charge in [0.2, 0.25) is 11.8 Å². The molecule has 1 heterocycles. The Morgan fingerprint density at radius 2 is 2.00 bits per heavy atom. The third-order valence-corrected chi connectivity index (χ3v) is 5.88. The second kappa shape index (κ2) is 9.13. The number of aryl methyl sites for hydroxylation is 2. The maximum Gasteiger partial charge on any atom is 0.242 e. The van der Waals surface area contributed by atoms with Crippen LogP contribution in [0.25, 0.3) is 0 Å². The highest BCUT2D eigenvalue weighted by Gasteiger charge is 2.37. The summed E-state index contributed by atoms with van der Waals surface area (Å²) in [5.74, 6) is 0.361. The van der Waals surface area contributed by atoms with Gasteiger partial charge in [0.05, 0.1) is 12.3 Å². The van der Waals surface area contributed by atoms with Gasteiger partial charge in [0.1, 0.15) is 11.0 Å². The molecular weight excluding hydrogens is 386 g/mol. The smallest absolute Gasteiger partial charge is 0.242 e. The Hall–Kier alpha value is -2.80. The lowest BCUT2D eigenvalue weighted by Crippen LogP contribution is -2.30. The number of ether oxygens (including phenoxy) is 1. The van der Waals surface area contributed by atoms with Crippen LogP contribution in [-0.2, 0) is 9.59 Å². The van der Waals surface area contributed by atoms with Gasteiger partial charge in [-0.3, -0.25) is 14.5 Å². The number of carbonyl (C=O) groups excluding carboxylic acids is 2. The van der Waals surface area contributed by atoms with E-state index in [-0.39, 0.29) is 18.2 Å². The molecule has 1 aliphatic rings. The molecule has 1 aliphatic heterocycles. The van der Waals surface area contributed by atoms with Gasteiger partial charge in [-0.25, -0.2) is 4.99 Å². The highest BCUT2D eigenvalue weighted by molar-refractivity contribution is 8.15. The number of benzene rings is 2. The van der Waals surface area contributed by atoms with Crippen molar-refractivity contribution in [3.63, 3.8) is 0 Å². The Morgan fingerprint density at radius 3 is 2.72 bits per heavy atom. The van der Waals surface area contributed by atoms with Crippen molar-refractivity contribution in [1.82, 2.24) is 4.90 Å². The van der Waals surface area contributed by atoms with Crippen LogP contribution in [0.3, 0.4) is 0 Å². The van der Waals surface area contributed by atoms with E-state index in [4.69, 9.17) is 4.74 Å². The highest BCUT2D eigenvalue weighted by Crippen LogP contribution is 2.31. The van der Waals surface area contributed by atoms with Crippen LogP contribution in [-0.4, -0.2) is 40.8 Å². The van der Waals surface area contributed by atoms with E-state index in [1.54, 1.807) is 19.2 Å². The number of thioether (sulfide) groups is 1. The summed E-state index contributed by atoms with van der Waals surface area (Å²) in [6, 6.07) is 13.1. The molecule has 3 rings (SSSR count). The maximum absolute atomic E-state index is 12.6. The Balaban J connectivity index is 1.66. The number of anilines is 1. The van der Waals surface area contributed by atoms with Gasteiger partial charge in [0.15, 0.2) is 5.17 Å². The second-order valence-corrected chi connectivity index (χ2v) is 8.05. The number of nitrogens with one attached hydrogen (secondary N) is 1. The number of carbonyl (C=O) groups is 2. The highest BCUT2D eigenvalue weighted by atomic mass is 32.2. The van der Waals surface area contributed by atoms with Gasteiger partial charge in [0, 0.05) is 25.2 Å². The minimum atomic E-state index is -0.486. The van der Waals surface area contributed by atoms with Crippen molar-refractivity contribution >= 4 is 40.1 Å². The van der Waals surface area contributed by atoms with Crippen molar-refractivity contribution in [3.8, 4) is 5.75 Å². The van der Waals surface area contributed by atoms with E-state index in [2.05, 4.69) is 10.3 Å². The predicted octanol–water partition coefficient (Wildman–Crippen LogP) is 4.29. The fourth-order valence-corrected chi connectivity index (χ4v) is 4.07. The number of amidine groups is 1. The summed E-state index contributed by atoms with van der Waals surface area (Å²) < 4.78 is 5.45. The summed E-state index contributed by atoms with van der Waals surface area (Å²) in [5.41, 5.74) is 3.79. The van der Waals surface area contributed by atoms with Gasteiger partial charge < -0.3 is 10.1 Å². The van der Waals surface area contributed by atoms with Crippen LogP contribution in [0.4, 0.5) is 11.4 Å². The Bertz CT molecular complexity index is 958. The number of amides is 2. The minimum Gasteiger partial charge on any atom is -0.494 e. The van der Waals surface area contributed by atoms with Crippen LogP contribution in [0.5, 0.6) is 5.75 Å². The molecule has 0 aromatic heterocycles. The molecule has 0 unspecified atom stereocenters. The zero-order valence-electron chi connectivity index (χ0n) is 17.1.